The molecule has 1 atom stereocenters. The van der Waals surface area contributed by atoms with Crippen LogP contribution < -0.4 is 5.32 Å². The first kappa shape index (κ1) is 21.3. The van der Waals surface area contributed by atoms with E-state index in [1.54, 1.807) is 24.3 Å². The number of amides is 1. The molecule has 3 aromatic rings. The smallest absolute Gasteiger partial charge is 0.244 e. The monoisotopic (exact) mass is 434 g/mol. The average molecular weight is 435 g/mol. The van der Waals surface area contributed by atoms with E-state index in [-0.39, 0.29) is 17.3 Å². The van der Waals surface area contributed by atoms with Crippen LogP contribution in [-0.2, 0) is 34.2 Å². The van der Waals surface area contributed by atoms with E-state index in [0.29, 0.717) is 6.42 Å². The Morgan fingerprint density at radius 2 is 1.61 bits per heavy atom. The summed E-state index contributed by atoms with van der Waals surface area (Å²) in [6.07, 6.45) is 1.11. The van der Waals surface area contributed by atoms with Crippen molar-refractivity contribution in [2.75, 3.05) is 5.32 Å². The van der Waals surface area contributed by atoms with Crippen LogP contribution in [0.3, 0.4) is 0 Å². The standard InChI is InChI=1S/C25H26N2O3S/c1-3-19-8-6-7-11-23(19)26-25(28)24-16-20-9-4-5-10-21(20)17-27(24)31(29,30)22-14-12-18(2)13-15-22/h4-15,24H,3,16-17H2,1-2H3,(H,26,28). The van der Waals surface area contributed by atoms with Crippen molar-refractivity contribution in [1.29, 1.82) is 0 Å². The fourth-order valence-electron chi connectivity index (χ4n) is 3.99. The summed E-state index contributed by atoms with van der Waals surface area (Å²) in [4.78, 5) is 13.6. The van der Waals surface area contributed by atoms with Gasteiger partial charge in [-0.05, 0) is 54.7 Å². The Morgan fingerprint density at radius 3 is 2.32 bits per heavy atom. The van der Waals surface area contributed by atoms with Crippen molar-refractivity contribution in [3.05, 3.63) is 95.1 Å². The van der Waals surface area contributed by atoms with Crippen LogP contribution in [0.2, 0.25) is 0 Å². The lowest BCUT2D eigenvalue weighted by molar-refractivity contribution is -0.120. The van der Waals surface area contributed by atoms with Gasteiger partial charge in [-0.2, -0.15) is 4.31 Å². The van der Waals surface area contributed by atoms with Crippen molar-refractivity contribution in [2.24, 2.45) is 0 Å². The van der Waals surface area contributed by atoms with E-state index >= 15 is 0 Å². The summed E-state index contributed by atoms with van der Waals surface area (Å²) in [6.45, 7) is 4.10. The van der Waals surface area contributed by atoms with Gasteiger partial charge in [-0.25, -0.2) is 8.42 Å². The molecule has 1 N–H and O–H groups in total. The number of nitrogens with zero attached hydrogens (tertiary/aromatic N) is 1. The third kappa shape index (κ3) is 4.27. The number of fused-ring (bicyclic) bond motifs is 1. The van der Waals surface area contributed by atoms with Gasteiger partial charge < -0.3 is 5.32 Å². The van der Waals surface area contributed by atoms with E-state index in [9.17, 15) is 13.2 Å². The number of carbonyl (C=O) groups excluding carboxylic acids is 1. The van der Waals surface area contributed by atoms with Crippen LogP contribution in [0.4, 0.5) is 5.69 Å². The molecule has 0 aliphatic carbocycles. The quantitative estimate of drug-likeness (QED) is 0.651. The molecule has 0 aromatic heterocycles. The molecule has 0 bridgehead atoms. The zero-order valence-corrected chi connectivity index (χ0v) is 18.5. The number of anilines is 1. The summed E-state index contributed by atoms with van der Waals surface area (Å²) < 4.78 is 28.4. The van der Waals surface area contributed by atoms with Gasteiger partial charge in [0.1, 0.15) is 6.04 Å². The number of benzene rings is 3. The van der Waals surface area contributed by atoms with Crippen LogP contribution in [0, 0.1) is 6.92 Å². The number of aryl methyl sites for hydroxylation is 2. The fraction of sp³-hybridized carbons (Fsp3) is 0.240. The molecule has 1 amide bonds. The number of rotatable bonds is 5. The number of sulfonamides is 1. The highest BCUT2D eigenvalue weighted by Gasteiger charge is 2.39. The van der Waals surface area contributed by atoms with Crippen molar-refractivity contribution >= 4 is 21.6 Å². The van der Waals surface area contributed by atoms with Crippen molar-refractivity contribution < 1.29 is 13.2 Å². The molecule has 4 rings (SSSR count). The van der Waals surface area contributed by atoms with Gasteiger partial charge in [0.2, 0.25) is 15.9 Å². The molecule has 0 spiro atoms. The molecule has 3 aromatic carbocycles. The summed E-state index contributed by atoms with van der Waals surface area (Å²) in [5.41, 5.74) is 4.65. The fourth-order valence-corrected chi connectivity index (χ4v) is 5.55. The molecule has 1 heterocycles. The molecule has 160 valence electrons. The van der Waals surface area contributed by atoms with Gasteiger partial charge >= 0.3 is 0 Å². The lowest BCUT2D eigenvalue weighted by atomic mass is 9.95. The maximum absolute atomic E-state index is 13.5. The highest BCUT2D eigenvalue weighted by atomic mass is 32.2. The maximum Gasteiger partial charge on any atom is 0.244 e. The predicted octanol–water partition coefficient (Wildman–Crippen LogP) is 4.31. The third-order valence-electron chi connectivity index (χ3n) is 5.79. The topological polar surface area (TPSA) is 66.5 Å². The molecular formula is C25H26N2O3S. The van der Waals surface area contributed by atoms with Crippen LogP contribution in [0.5, 0.6) is 0 Å². The molecule has 31 heavy (non-hydrogen) atoms. The van der Waals surface area contributed by atoms with Gasteiger partial charge in [0.25, 0.3) is 0 Å². The highest BCUT2D eigenvalue weighted by molar-refractivity contribution is 7.89. The molecular weight excluding hydrogens is 408 g/mol. The van der Waals surface area contributed by atoms with Crippen molar-refractivity contribution in [3.8, 4) is 0 Å². The first-order valence-electron chi connectivity index (χ1n) is 10.4. The minimum Gasteiger partial charge on any atom is -0.324 e. The second-order valence-electron chi connectivity index (χ2n) is 7.85. The van der Waals surface area contributed by atoms with E-state index in [0.717, 1.165) is 34.4 Å². The van der Waals surface area contributed by atoms with Crippen molar-refractivity contribution in [2.45, 2.75) is 44.2 Å². The first-order chi connectivity index (χ1) is 14.9. The molecule has 1 aliphatic rings. The zero-order chi connectivity index (χ0) is 22.0. The number of carbonyl (C=O) groups is 1. The lowest BCUT2D eigenvalue weighted by Crippen LogP contribution is -2.50. The molecule has 0 saturated heterocycles. The Morgan fingerprint density at radius 1 is 0.968 bits per heavy atom. The summed E-state index contributed by atoms with van der Waals surface area (Å²) in [7, 11) is -3.85. The molecule has 6 heteroatoms. The third-order valence-corrected chi connectivity index (χ3v) is 7.66. The number of hydrogen-bond acceptors (Lipinski definition) is 3. The molecule has 1 unspecified atom stereocenters. The van der Waals surface area contributed by atoms with E-state index in [4.69, 9.17) is 0 Å². The predicted molar refractivity (Wildman–Crippen MR) is 122 cm³/mol. The molecule has 1 aliphatic heterocycles. The van der Waals surface area contributed by atoms with Crippen molar-refractivity contribution in [3.63, 3.8) is 0 Å². The van der Waals surface area contributed by atoms with Crippen LogP contribution in [0.25, 0.3) is 0 Å². The van der Waals surface area contributed by atoms with Crippen LogP contribution in [0.1, 0.15) is 29.2 Å². The van der Waals surface area contributed by atoms with Gasteiger partial charge in [0.05, 0.1) is 4.90 Å². The Kier molecular flexibility index (Phi) is 5.94. The van der Waals surface area contributed by atoms with Gasteiger partial charge in [-0.3, -0.25) is 4.79 Å². The zero-order valence-electron chi connectivity index (χ0n) is 17.7. The maximum atomic E-state index is 13.5. The normalized spacial score (nSPS) is 16.5. The van der Waals surface area contributed by atoms with Gasteiger partial charge in [-0.1, -0.05) is 67.1 Å². The second kappa shape index (κ2) is 8.65. The molecule has 0 saturated carbocycles. The minimum absolute atomic E-state index is 0.167. The summed E-state index contributed by atoms with van der Waals surface area (Å²) >= 11 is 0. The molecule has 0 fully saturated rings. The number of para-hydroxylation sites is 1. The van der Waals surface area contributed by atoms with Gasteiger partial charge in [-0.15, -0.1) is 0 Å². The van der Waals surface area contributed by atoms with Crippen molar-refractivity contribution in [1.82, 2.24) is 4.31 Å². The Balaban J connectivity index is 1.72. The largest absolute Gasteiger partial charge is 0.324 e. The lowest BCUT2D eigenvalue weighted by Gasteiger charge is -2.35. The van der Waals surface area contributed by atoms with Gasteiger partial charge in [0.15, 0.2) is 0 Å². The Bertz CT molecular complexity index is 1200. The molecule has 5 nitrogen and oxygen atoms in total. The SMILES string of the molecule is CCc1ccccc1NC(=O)C1Cc2ccccc2CN1S(=O)(=O)c1ccc(C)cc1. The molecule has 0 radical (unpaired) electrons. The summed E-state index contributed by atoms with van der Waals surface area (Å²) in [5, 5.41) is 2.98. The van der Waals surface area contributed by atoms with Crippen LogP contribution in [0.15, 0.2) is 77.7 Å². The number of hydrogen-bond donors (Lipinski definition) is 1. The Labute approximate surface area is 183 Å². The van der Waals surface area contributed by atoms with E-state index in [1.807, 2.05) is 62.4 Å². The van der Waals surface area contributed by atoms with Crippen LogP contribution in [-0.4, -0.2) is 24.7 Å². The highest BCUT2D eigenvalue weighted by Crippen LogP contribution is 2.30. The minimum atomic E-state index is -3.85. The first-order valence-corrected chi connectivity index (χ1v) is 11.9. The second-order valence-corrected chi connectivity index (χ2v) is 9.74. The summed E-state index contributed by atoms with van der Waals surface area (Å²) in [5.74, 6) is -0.314. The van der Waals surface area contributed by atoms with E-state index in [2.05, 4.69) is 5.32 Å². The Hall–Kier alpha value is -2.96. The average Bonchev–Trinajstić information content (AvgIpc) is 2.78. The van der Waals surface area contributed by atoms with E-state index < -0.39 is 16.1 Å². The van der Waals surface area contributed by atoms with E-state index in [1.165, 1.54) is 4.31 Å². The van der Waals surface area contributed by atoms with Crippen LogP contribution >= 0.6 is 0 Å². The number of nitrogens with one attached hydrogen (secondary N) is 1. The van der Waals surface area contributed by atoms with Gasteiger partial charge in [0, 0.05) is 12.2 Å². The summed E-state index contributed by atoms with van der Waals surface area (Å²) in [6, 6.07) is 21.3.